The van der Waals surface area contributed by atoms with Crippen molar-refractivity contribution < 1.29 is 4.79 Å². The molecule has 1 rings (SSSR count). The van der Waals surface area contributed by atoms with E-state index < -0.39 is 0 Å². The van der Waals surface area contributed by atoms with Crippen molar-refractivity contribution in [3.8, 4) is 0 Å². The van der Waals surface area contributed by atoms with Gasteiger partial charge in [0.05, 0.1) is 0 Å². The summed E-state index contributed by atoms with van der Waals surface area (Å²) in [4.78, 5) is 19.9. The van der Waals surface area contributed by atoms with E-state index in [0.717, 1.165) is 0 Å². The van der Waals surface area contributed by atoms with Crippen LogP contribution >= 0.6 is 11.6 Å². The minimum absolute atomic E-state index is 0.274. The van der Waals surface area contributed by atoms with Crippen molar-refractivity contribution in [2.24, 2.45) is 0 Å². The molecule has 0 amide bonds. The molecule has 1 heterocycles. The number of aldehydes is 1. The van der Waals surface area contributed by atoms with Crippen molar-refractivity contribution in [3.63, 3.8) is 0 Å². The fourth-order valence-electron chi connectivity index (χ4n) is 0.683. The quantitative estimate of drug-likeness (QED) is 0.510. The number of carbonyl (C=O) groups is 1. The van der Waals surface area contributed by atoms with Crippen LogP contribution in [-0.4, -0.2) is 30.3 Å². The number of hydrogen-bond acceptors (Lipinski definition) is 4. The van der Waals surface area contributed by atoms with Crippen LogP contribution in [0.15, 0.2) is 6.07 Å². The minimum atomic E-state index is 0.274. The van der Waals surface area contributed by atoms with Crippen LogP contribution in [0.3, 0.4) is 0 Å². The second-order valence-corrected chi connectivity index (χ2v) is 2.82. The first-order valence-corrected chi connectivity index (χ1v) is 3.68. The summed E-state index contributed by atoms with van der Waals surface area (Å²) in [6.07, 6.45) is 0.639. The molecule has 1 aromatic rings. The summed E-state index contributed by atoms with van der Waals surface area (Å²) >= 11 is 5.64. The van der Waals surface area contributed by atoms with Gasteiger partial charge in [0.25, 0.3) is 0 Å². The van der Waals surface area contributed by atoms with Crippen molar-refractivity contribution in [2.45, 2.75) is 0 Å². The Morgan fingerprint density at radius 3 is 2.67 bits per heavy atom. The summed E-state index contributed by atoms with van der Waals surface area (Å²) < 4.78 is 0. The van der Waals surface area contributed by atoms with Crippen molar-refractivity contribution in [2.75, 3.05) is 19.0 Å². The normalized spacial score (nSPS) is 9.58. The highest BCUT2D eigenvalue weighted by Crippen LogP contribution is 2.10. The molecular weight excluding hydrogens is 178 g/mol. The smallest absolute Gasteiger partial charge is 0.226 e. The molecule has 0 N–H and O–H groups in total. The molecule has 0 spiro atoms. The summed E-state index contributed by atoms with van der Waals surface area (Å²) in [5, 5.41) is 0.274. The lowest BCUT2D eigenvalue weighted by Gasteiger charge is -2.09. The Hall–Kier alpha value is -1.16. The third-order valence-corrected chi connectivity index (χ3v) is 1.42. The standard InChI is InChI=1S/C7H8ClN3O/c1-11(2)7-9-5(4-12)3-6(8)10-7/h3-4H,1-2H3. The van der Waals surface area contributed by atoms with Gasteiger partial charge in [-0.05, 0) is 0 Å². The Kier molecular flexibility index (Phi) is 2.60. The molecule has 0 unspecified atom stereocenters. The van der Waals surface area contributed by atoms with Gasteiger partial charge in [-0.25, -0.2) is 9.97 Å². The van der Waals surface area contributed by atoms with Gasteiger partial charge in [-0.1, -0.05) is 11.6 Å². The van der Waals surface area contributed by atoms with E-state index in [0.29, 0.717) is 17.9 Å². The molecule has 5 heteroatoms. The van der Waals surface area contributed by atoms with Crippen LogP contribution in [-0.2, 0) is 0 Å². The Bertz CT molecular complexity index is 301. The molecule has 0 radical (unpaired) electrons. The molecule has 0 aliphatic carbocycles. The van der Waals surface area contributed by atoms with E-state index in [9.17, 15) is 4.79 Å². The lowest BCUT2D eigenvalue weighted by Crippen LogP contribution is -2.13. The number of anilines is 1. The number of carbonyl (C=O) groups excluding carboxylic acids is 1. The molecule has 0 fully saturated rings. The van der Waals surface area contributed by atoms with Crippen LogP contribution < -0.4 is 4.90 Å². The Balaban J connectivity index is 3.14. The van der Waals surface area contributed by atoms with Gasteiger partial charge in [0.1, 0.15) is 10.8 Å². The highest BCUT2D eigenvalue weighted by Gasteiger charge is 2.03. The van der Waals surface area contributed by atoms with E-state index in [4.69, 9.17) is 11.6 Å². The number of hydrogen-bond donors (Lipinski definition) is 0. The lowest BCUT2D eigenvalue weighted by molar-refractivity contribution is 0.111. The van der Waals surface area contributed by atoms with Crippen LogP contribution in [0.25, 0.3) is 0 Å². The van der Waals surface area contributed by atoms with E-state index in [1.54, 1.807) is 19.0 Å². The third kappa shape index (κ3) is 1.92. The average Bonchev–Trinajstić information content (AvgIpc) is 2.03. The van der Waals surface area contributed by atoms with Gasteiger partial charge in [0, 0.05) is 20.2 Å². The number of aromatic nitrogens is 2. The SMILES string of the molecule is CN(C)c1nc(Cl)cc(C=O)n1. The summed E-state index contributed by atoms with van der Waals surface area (Å²) in [5.41, 5.74) is 0.290. The van der Waals surface area contributed by atoms with Crippen LogP contribution in [0.5, 0.6) is 0 Å². The van der Waals surface area contributed by atoms with E-state index >= 15 is 0 Å². The molecule has 1 aromatic heterocycles. The van der Waals surface area contributed by atoms with Crippen LogP contribution in [0.1, 0.15) is 10.5 Å². The predicted octanol–water partition coefficient (Wildman–Crippen LogP) is 1.01. The molecule has 0 aromatic carbocycles. The highest BCUT2D eigenvalue weighted by atomic mass is 35.5. The largest absolute Gasteiger partial charge is 0.347 e. The van der Waals surface area contributed by atoms with Gasteiger partial charge in [0.2, 0.25) is 5.95 Å². The first-order valence-electron chi connectivity index (χ1n) is 3.30. The molecule has 0 saturated heterocycles. The van der Waals surface area contributed by atoms with Crippen molar-refractivity contribution in [3.05, 3.63) is 16.9 Å². The summed E-state index contributed by atoms with van der Waals surface area (Å²) in [6, 6.07) is 1.42. The second-order valence-electron chi connectivity index (χ2n) is 2.43. The molecule has 0 aliphatic rings. The van der Waals surface area contributed by atoms with Crippen LogP contribution in [0.2, 0.25) is 5.15 Å². The highest BCUT2D eigenvalue weighted by molar-refractivity contribution is 6.29. The van der Waals surface area contributed by atoms with Gasteiger partial charge < -0.3 is 4.90 Å². The minimum Gasteiger partial charge on any atom is -0.347 e. The summed E-state index contributed by atoms with van der Waals surface area (Å²) in [5.74, 6) is 0.435. The summed E-state index contributed by atoms with van der Waals surface area (Å²) in [7, 11) is 3.56. The first-order chi connectivity index (χ1) is 5.63. The van der Waals surface area contributed by atoms with Gasteiger partial charge in [0.15, 0.2) is 6.29 Å². The third-order valence-electron chi connectivity index (χ3n) is 1.22. The van der Waals surface area contributed by atoms with Crippen LogP contribution in [0.4, 0.5) is 5.95 Å². The Morgan fingerprint density at radius 2 is 2.17 bits per heavy atom. The maximum atomic E-state index is 10.4. The zero-order valence-electron chi connectivity index (χ0n) is 6.78. The topological polar surface area (TPSA) is 46.1 Å². The zero-order valence-corrected chi connectivity index (χ0v) is 7.54. The number of halogens is 1. The number of nitrogens with zero attached hydrogens (tertiary/aromatic N) is 3. The molecular formula is C7H8ClN3O. The zero-order chi connectivity index (χ0) is 9.14. The van der Waals surface area contributed by atoms with Crippen molar-refractivity contribution in [1.82, 2.24) is 9.97 Å². The Morgan fingerprint density at radius 1 is 1.50 bits per heavy atom. The molecule has 0 aliphatic heterocycles. The van der Waals surface area contributed by atoms with Gasteiger partial charge >= 0.3 is 0 Å². The Labute approximate surface area is 75.2 Å². The molecule has 0 atom stereocenters. The molecule has 64 valence electrons. The predicted molar refractivity (Wildman–Crippen MR) is 46.8 cm³/mol. The van der Waals surface area contributed by atoms with Gasteiger partial charge in [-0.3, -0.25) is 4.79 Å². The molecule has 0 bridgehead atoms. The van der Waals surface area contributed by atoms with E-state index in [1.807, 2.05) is 0 Å². The fourth-order valence-corrected chi connectivity index (χ4v) is 0.870. The molecule has 0 saturated carbocycles. The lowest BCUT2D eigenvalue weighted by atomic mass is 10.4. The van der Waals surface area contributed by atoms with E-state index in [1.165, 1.54) is 6.07 Å². The maximum absolute atomic E-state index is 10.4. The van der Waals surface area contributed by atoms with Gasteiger partial charge in [-0.2, -0.15) is 0 Å². The van der Waals surface area contributed by atoms with Crippen LogP contribution in [0, 0.1) is 0 Å². The summed E-state index contributed by atoms with van der Waals surface area (Å²) in [6.45, 7) is 0. The fraction of sp³-hybridized carbons (Fsp3) is 0.286. The maximum Gasteiger partial charge on any atom is 0.226 e. The average molecular weight is 186 g/mol. The first kappa shape index (κ1) is 8.93. The second kappa shape index (κ2) is 3.49. The van der Waals surface area contributed by atoms with E-state index in [-0.39, 0.29) is 5.15 Å². The van der Waals surface area contributed by atoms with Crippen molar-refractivity contribution in [1.29, 1.82) is 0 Å². The molecule has 12 heavy (non-hydrogen) atoms. The van der Waals surface area contributed by atoms with Gasteiger partial charge in [-0.15, -0.1) is 0 Å². The van der Waals surface area contributed by atoms with E-state index in [2.05, 4.69) is 9.97 Å². The van der Waals surface area contributed by atoms with Crippen molar-refractivity contribution >= 4 is 23.8 Å². The number of rotatable bonds is 2. The molecule has 4 nitrogen and oxygen atoms in total. The monoisotopic (exact) mass is 185 g/mol.